The van der Waals surface area contributed by atoms with Gasteiger partial charge in [-0.3, -0.25) is 4.79 Å². The molecule has 0 aromatic carbocycles. The number of pyridine rings is 1. The fourth-order valence-corrected chi connectivity index (χ4v) is 2.04. The predicted molar refractivity (Wildman–Crippen MR) is 63.2 cm³/mol. The van der Waals surface area contributed by atoms with E-state index < -0.39 is 17.5 Å². The quantitative estimate of drug-likeness (QED) is 0.835. The Bertz CT molecular complexity index is 480. The number of carbonyl (C=O) groups is 1. The van der Waals surface area contributed by atoms with Gasteiger partial charge in [-0.05, 0) is 6.42 Å². The van der Waals surface area contributed by atoms with Gasteiger partial charge in [0.05, 0.1) is 5.92 Å². The Labute approximate surface area is 103 Å². The summed E-state index contributed by atoms with van der Waals surface area (Å²) in [6.45, 7) is 0.792. The van der Waals surface area contributed by atoms with Gasteiger partial charge in [-0.1, -0.05) is 0 Å². The first-order valence-electron chi connectivity index (χ1n) is 5.61. The minimum atomic E-state index is -0.746. The largest absolute Gasteiger partial charge is 0.371 e. The van der Waals surface area contributed by atoms with E-state index in [9.17, 15) is 13.6 Å². The summed E-state index contributed by atoms with van der Waals surface area (Å²) in [4.78, 5) is 16.5. The zero-order chi connectivity index (χ0) is 13.3. The number of hydrogen-bond donors (Lipinski definition) is 2. The van der Waals surface area contributed by atoms with E-state index in [1.165, 1.54) is 7.05 Å². The summed E-state index contributed by atoms with van der Waals surface area (Å²) >= 11 is 0. The third kappa shape index (κ3) is 2.20. The molecule has 0 radical (unpaired) electrons. The molecule has 1 amide bonds. The van der Waals surface area contributed by atoms with Gasteiger partial charge in [0.1, 0.15) is 0 Å². The standard InChI is InChI=1S/C11H14F2N4O/c1-15-10-7(12)4-8(13)11(16-10)17-3-2-6(5-17)9(14)18/h4,6H,2-3,5H2,1H3,(H2,14,18)(H,15,16). The summed E-state index contributed by atoms with van der Waals surface area (Å²) in [6.07, 6.45) is 0.558. The first-order valence-corrected chi connectivity index (χ1v) is 5.61. The minimum absolute atomic E-state index is 0.0195. The van der Waals surface area contributed by atoms with Crippen molar-refractivity contribution < 1.29 is 13.6 Å². The molecular weight excluding hydrogens is 242 g/mol. The molecule has 1 aromatic rings. The fraction of sp³-hybridized carbons (Fsp3) is 0.455. The third-order valence-corrected chi connectivity index (χ3v) is 3.04. The first kappa shape index (κ1) is 12.5. The van der Waals surface area contributed by atoms with Gasteiger partial charge >= 0.3 is 0 Å². The second kappa shape index (κ2) is 4.75. The maximum absolute atomic E-state index is 13.7. The second-order valence-electron chi connectivity index (χ2n) is 4.21. The third-order valence-electron chi connectivity index (χ3n) is 3.04. The number of carbonyl (C=O) groups excluding carboxylic acids is 1. The van der Waals surface area contributed by atoms with Crippen LogP contribution in [-0.2, 0) is 4.79 Å². The molecule has 1 aromatic heterocycles. The lowest BCUT2D eigenvalue weighted by atomic mass is 10.1. The molecule has 1 aliphatic heterocycles. The number of aromatic nitrogens is 1. The van der Waals surface area contributed by atoms with Crippen LogP contribution in [0.5, 0.6) is 0 Å². The highest BCUT2D eigenvalue weighted by Crippen LogP contribution is 2.27. The van der Waals surface area contributed by atoms with Crippen molar-refractivity contribution in [1.82, 2.24) is 4.98 Å². The molecule has 2 rings (SSSR count). The number of anilines is 2. The topological polar surface area (TPSA) is 71.2 Å². The summed E-state index contributed by atoms with van der Waals surface area (Å²) in [5, 5.41) is 2.55. The molecule has 1 fully saturated rings. The smallest absolute Gasteiger partial charge is 0.222 e. The molecule has 1 aliphatic rings. The van der Waals surface area contributed by atoms with Crippen LogP contribution >= 0.6 is 0 Å². The predicted octanol–water partition coefficient (Wildman–Crippen LogP) is 0.713. The Balaban J connectivity index is 2.26. The first-order chi connectivity index (χ1) is 8.52. The molecule has 18 heavy (non-hydrogen) atoms. The van der Waals surface area contributed by atoms with Gasteiger partial charge in [0.15, 0.2) is 23.3 Å². The van der Waals surface area contributed by atoms with Crippen LogP contribution in [0.4, 0.5) is 20.4 Å². The SMILES string of the molecule is CNc1nc(N2CCC(C(N)=O)C2)c(F)cc1F. The molecule has 0 bridgehead atoms. The van der Waals surface area contributed by atoms with Crippen molar-refractivity contribution in [1.29, 1.82) is 0 Å². The fourth-order valence-electron chi connectivity index (χ4n) is 2.04. The molecule has 2 heterocycles. The van der Waals surface area contributed by atoms with Crippen LogP contribution in [0.25, 0.3) is 0 Å². The van der Waals surface area contributed by atoms with Gasteiger partial charge in [-0.25, -0.2) is 13.8 Å². The monoisotopic (exact) mass is 256 g/mol. The second-order valence-corrected chi connectivity index (χ2v) is 4.21. The number of rotatable bonds is 3. The van der Waals surface area contributed by atoms with Crippen LogP contribution in [0.15, 0.2) is 6.07 Å². The molecule has 1 saturated heterocycles. The Kier molecular flexibility index (Phi) is 3.31. The summed E-state index contributed by atoms with van der Waals surface area (Å²) < 4.78 is 26.9. The number of nitrogens with two attached hydrogens (primary N) is 1. The minimum Gasteiger partial charge on any atom is -0.371 e. The zero-order valence-electron chi connectivity index (χ0n) is 9.91. The number of primary amides is 1. The lowest BCUT2D eigenvalue weighted by Gasteiger charge is -2.18. The van der Waals surface area contributed by atoms with Crippen molar-refractivity contribution >= 4 is 17.5 Å². The number of amides is 1. The van der Waals surface area contributed by atoms with Crippen molar-refractivity contribution in [2.75, 3.05) is 30.4 Å². The van der Waals surface area contributed by atoms with Gasteiger partial charge in [0.25, 0.3) is 0 Å². The highest BCUT2D eigenvalue weighted by molar-refractivity contribution is 5.78. The lowest BCUT2D eigenvalue weighted by Crippen LogP contribution is -2.28. The van der Waals surface area contributed by atoms with Gasteiger partial charge < -0.3 is 16.0 Å². The lowest BCUT2D eigenvalue weighted by molar-refractivity contribution is -0.121. The van der Waals surface area contributed by atoms with E-state index in [-0.39, 0.29) is 17.6 Å². The Morgan fingerprint density at radius 1 is 1.56 bits per heavy atom. The molecule has 0 aliphatic carbocycles. The Morgan fingerprint density at radius 2 is 2.28 bits per heavy atom. The maximum Gasteiger partial charge on any atom is 0.222 e. The molecule has 1 unspecified atom stereocenters. The maximum atomic E-state index is 13.7. The number of nitrogens with one attached hydrogen (secondary N) is 1. The van der Waals surface area contributed by atoms with Crippen LogP contribution in [0.2, 0.25) is 0 Å². The average molecular weight is 256 g/mol. The molecule has 0 spiro atoms. The van der Waals surface area contributed by atoms with Gasteiger partial charge in [0.2, 0.25) is 5.91 Å². The van der Waals surface area contributed by atoms with Crippen molar-refractivity contribution in [2.24, 2.45) is 11.7 Å². The van der Waals surface area contributed by atoms with Crippen LogP contribution in [0, 0.1) is 17.6 Å². The zero-order valence-corrected chi connectivity index (χ0v) is 9.91. The van der Waals surface area contributed by atoms with E-state index in [0.717, 1.165) is 6.07 Å². The number of nitrogens with zero attached hydrogens (tertiary/aromatic N) is 2. The van der Waals surface area contributed by atoms with E-state index in [2.05, 4.69) is 10.3 Å². The van der Waals surface area contributed by atoms with E-state index in [4.69, 9.17) is 5.73 Å². The van der Waals surface area contributed by atoms with Gasteiger partial charge in [-0.2, -0.15) is 0 Å². The van der Waals surface area contributed by atoms with E-state index in [1.807, 2.05) is 0 Å². The summed E-state index contributed by atoms with van der Waals surface area (Å²) in [5.74, 6) is -2.18. The average Bonchev–Trinajstić information content (AvgIpc) is 2.78. The van der Waals surface area contributed by atoms with Crippen LogP contribution in [-0.4, -0.2) is 31.0 Å². The van der Waals surface area contributed by atoms with Crippen LogP contribution in [0.3, 0.4) is 0 Å². The van der Waals surface area contributed by atoms with E-state index in [1.54, 1.807) is 4.90 Å². The molecule has 7 heteroatoms. The van der Waals surface area contributed by atoms with E-state index >= 15 is 0 Å². The molecule has 98 valence electrons. The van der Waals surface area contributed by atoms with Gasteiger partial charge in [-0.15, -0.1) is 0 Å². The molecule has 0 saturated carbocycles. The van der Waals surface area contributed by atoms with Crippen molar-refractivity contribution in [3.63, 3.8) is 0 Å². The summed E-state index contributed by atoms with van der Waals surface area (Å²) in [7, 11) is 1.50. The molecule has 3 N–H and O–H groups in total. The Morgan fingerprint density at radius 3 is 2.83 bits per heavy atom. The van der Waals surface area contributed by atoms with Crippen molar-refractivity contribution in [3.05, 3.63) is 17.7 Å². The highest BCUT2D eigenvalue weighted by atomic mass is 19.1. The molecular formula is C11H14F2N4O. The van der Waals surface area contributed by atoms with Crippen LogP contribution in [0.1, 0.15) is 6.42 Å². The van der Waals surface area contributed by atoms with Crippen molar-refractivity contribution in [3.8, 4) is 0 Å². The molecule has 5 nitrogen and oxygen atoms in total. The van der Waals surface area contributed by atoms with E-state index in [0.29, 0.717) is 19.5 Å². The van der Waals surface area contributed by atoms with Crippen molar-refractivity contribution in [2.45, 2.75) is 6.42 Å². The van der Waals surface area contributed by atoms with Gasteiger partial charge in [0, 0.05) is 26.2 Å². The normalized spacial score (nSPS) is 19.1. The number of hydrogen-bond acceptors (Lipinski definition) is 4. The molecule has 1 atom stereocenters. The number of halogens is 2. The highest BCUT2D eigenvalue weighted by Gasteiger charge is 2.29. The summed E-state index contributed by atoms with van der Waals surface area (Å²) in [6, 6.07) is 0.783. The Hall–Kier alpha value is -1.92. The summed E-state index contributed by atoms with van der Waals surface area (Å²) in [5.41, 5.74) is 5.20. The van der Waals surface area contributed by atoms with Crippen LogP contribution < -0.4 is 16.0 Å².